The minimum absolute atomic E-state index is 0.0398. The van der Waals surface area contributed by atoms with Gasteiger partial charge in [0.15, 0.2) is 0 Å². The second kappa shape index (κ2) is 7.03. The van der Waals surface area contributed by atoms with E-state index in [0.29, 0.717) is 18.0 Å². The second-order valence-corrected chi connectivity index (χ2v) is 8.81. The predicted molar refractivity (Wildman–Crippen MR) is 112 cm³/mol. The van der Waals surface area contributed by atoms with Gasteiger partial charge in [0.25, 0.3) is 5.56 Å². The van der Waals surface area contributed by atoms with E-state index in [0.717, 1.165) is 28.3 Å². The summed E-state index contributed by atoms with van der Waals surface area (Å²) in [5, 5.41) is 4.85. The lowest BCUT2D eigenvalue weighted by Crippen LogP contribution is -2.27. The van der Waals surface area contributed by atoms with Crippen molar-refractivity contribution in [3.63, 3.8) is 0 Å². The molecule has 27 heavy (non-hydrogen) atoms. The molecule has 0 amide bonds. The molecule has 4 aromatic rings. The lowest BCUT2D eigenvalue weighted by molar-refractivity contribution is 0.242. The van der Waals surface area contributed by atoms with E-state index < -0.39 is 0 Å². The molecule has 1 saturated carbocycles. The number of hydrogen-bond acceptors (Lipinski definition) is 5. The number of thiophene rings is 2. The highest BCUT2D eigenvalue weighted by Gasteiger charge is 2.30. The first-order chi connectivity index (χ1) is 13.3. The highest BCUT2D eigenvalue weighted by atomic mass is 32.1. The number of benzene rings is 1. The molecular formula is C21H19N3OS2. The fourth-order valence-electron chi connectivity index (χ4n) is 3.45. The zero-order valence-corrected chi connectivity index (χ0v) is 16.4. The molecular weight excluding hydrogens is 374 g/mol. The van der Waals surface area contributed by atoms with Crippen molar-refractivity contribution in [3.05, 3.63) is 74.3 Å². The molecule has 136 valence electrons. The van der Waals surface area contributed by atoms with Crippen LogP contribution in [-0.2, 0) is 13.1 Å². The van der Waals surface area contributed by atoms with Crippen LogP contribution in [0, 0.1) is 0 Å². The molecule has 3 aromatic heterocycles. The van der Waals surface area contributed by atoms with Crippen LogP contribution in [0.25, 0.3) is 21.3 Å². The number of aromatic nitrogens is 2. The van der Waals surface area contributed by atoms with Gasteiger partial charge >= 0.3 is 0 Å². The largest absolute Gasteiger partial charge is 0.309 e. The summed E-state index contributed by atoms with van der Waals surface area (Å²) in [6.45, 7) is 1.61. The fraction of sp³-hybridized carbons (Fsp3) is 0.238. The number of rotatable bonds is 6. The first-order valence-corrected chi connectivity index (χ1v) is 10.9. The van der Waals surface area contributed by atoms with E-state index in [4.69, 9.17) is 4.98 Å². The van der Waals surface area contributed by atoms with Crippen LogP contribution in [0.3, 0.4) is 0 Å². The highest BCUT2D eigenvalue weighted by molar-refractivity contribution is 7.17. The monoisotopic (exact) mass is 393 g/mol. The summed E-state index contributed by atoms with van der Waals surface area (Å²) in [5.74, 6) is 0.761. The van der Waals surface area contributed by atoms with Gasteiger partial charge in [-0.1, -0.05) is 36.4 Å². The Balaban J connectivity index is 1.47. The smallest absolute Gasteiger partial charge is 0.260 e. The van der Waals surface area contributed by atoms with Gasteiger partial charge in [-0.2, -0.15) is 0 Å². The number of hydrogen-bond donors (Lipinski definition) is 1. The van der Waals surface area contributed by atoms with Gasteiger partial charge in [0.1, 0.15) is 10.7 Å². The van der Waals surface area contributed by atoms with Crippen molar-refractivity contribution >= 4 is 32.9 Å². The Bertz CT molecular complexity index is 1110. The third-order valence-electron chi connectivity index (χ3n) is 4.93. The minimum atomic E-state index is -0.0398. The van der Waals surface area contributed by atoms with Gasteiger partial charge < -0.3 is 4.98 Å². The molecule has 5 rings (SSSR count). The highest BCUT2D eigenvalue weighted by Crippen LogP contribution is 2.32. The average molecular weight is 394 g/mol. The standard InChI is InChI=1S/C21H19N3OS2/c25-20-19-17(14-5-2-1-3-6-14)13-27-21(19)23-18(22-20)12-24(15-8-9-15)11-16-7-4-10-26-16/h1-7,10,13,15H,8-9,11-12H2,(H,22,23,25). The Morgan fingerprint density at radius 2 is 1.93 bits per heavy atom. The molecule has 1 fully saturated rings. The van der Waals surface area contributed by atoms with E-state index in [2.05, 4.69) is 27.4 Å². The zero-order chi connectivity index (χ0) is 18.2. The molecule has 0 aliphatic heterocycles. The van der Waals surface area contributed by atoms with Gasteiger partial charge in [0.05, 0.1) is 11.9 Å². The van der Waals surface area contributed by atoms with Crippen molar-refractivity contribution in [1.29, 1.82) is 0 Å². The Morgan fingerprint density at radius 3 is 2.67 bits per heavy atom. The van der Waals surface area contributed by atoms with Gasteiger partial charge in [-0.3, -0.25) is 9.69 Å². The van der Waals surface area contributed by atoms with E-state index >= 15 is 0 Å². The Hall–Kier alpha value is -2.28. The molecule has 3 heterocycles. The van der Waals surface area contributed by atoms with Crippen LogP contribution in [0.5, 0.6) is 0 Å². The van der Waals surface area contributed by atoms with Crippen molar-refractivity contribution < 1.29 is 0 Å². The molecule has 6 heteroatoms. The zero-order valence-electron chi connectivity index (χ0n) is 14.7. The van der Waals surface area contributed by atoms with Crippen LogP contribution in [-0.4, -0.2) is 20.9 Å². The second-order valence-electron chi connectivity index (χ2n) is 6.92. The first-order valence-electron chi connectivity index (χ1n) is 9.10. The van der Waals surface area contributed by atoms with Crippen LogP contribution < -0.4 is 5.56 Å². The number of nitrogens with zero attached hydrogens (tertiary/aromatic N) is 2. The Morgan fingerprint density at radius 1 is 1.07 bits per heavy atom. The third-order valence-corrected chi connectivity index (χ3v) is 6.67. The summed E-state index contributed by atoms with van der Waals surface area (Å²) in [7, 11) is 0. The van der Waals surface area contributed by atoms with Crippen LogP contribution in [0.2, 0.25) is 0 Å². The van der Waals surface area contributed by atoms with Crippen LogP contribution >= 0.6 is 22.7 Å². The Kier molecular flexibility index (Phi) is 4.39. The molecule has 0 saturated heterocycles. The maximum Gasteiger partial charge on any atom is 0.260 e. The van der Waals surface area contributed by atoms with E-state index in [1.165, 1.54) is 17.7 Å². The fourth-order valence-corrected chi connectivity index (χ4v) is 5.14. The van der Waals surface area contributed by atoms with Crippen LogP contribution in [0.4, 0.5) is 0 Å². The van der Waals surface area contributed by atoms with Gasteiger partial charge in [-0.05, 0) is 29.9 Å². The van der Waals surface area contributed by atoms with E-state index in [9.17, 15) is 4.79 Å². The lowest BCUT2D eigenvalue weighted by atomic mass is 10.1. The molecule has 1 aromatic carbocycles. The lowest BCUT2D eigenvalue weighted by Gasteiger charge is -2.20. The third kappa shape index (κ3) is 3.48. The van der Waals surface area contributed by atoms with E-state index in [1.807, 2.05) is 35.7 Å². The minimum Gasteiger partial charge on any atom is -0.309 e. The molecule has 1 aliphatic carbocycles. The Labute approximate surface area is 165 Å². The van der Waals surface area contributed by atoms with E-state index in [-0.39, 0.29) is 5.56 Å². The quantitative estimate of drug-likeness (QED) is 0.508. The maximum atomic E-state index is 12.8. The van der Waals surface area contributed by atoms with Crippen molar-refractivity contribution in [3.8, 4) is 11.1 Å². The molecule has 0 spiro atoms. The first kappa shape index (κ1) is 16.9. The summed E-state index contributed by atoms with van der Waals surface area (Å²) < 4.78 is 0. The summed E-state index contributed by atoms with van der Waals surface area (Å²) >= 11 is 3.33. The van der Waals surface area contributed by atoms with Gasteiger partial charge in [-0.15, -0.1) is 22.7 Å². The van der Waals surface area contributed by atoms with Crippen molar-refractivity contribution in [1.82, 2.24) is 14.9 Å². The molecule has 0 radical (unpaired) electrons. The molecule has 0 atom stereocenters. The normalized spacial score (nSPS) is 14.3. The summed E-state index contributed by atoms with van der Waals surface area (Å²) in [4.78, 5) is 25.3. The van der Waals surface area contributed by atoms with Crippen molar-refractivity contribution in [2.24, 2.45) is 0 Å². The van der Waals surface area contributed by atoms with Crippen LogP contribution in [0.15, 0.2) is 58.0 Å². The van der Waals surface area contributed by atoms with Crippen LogP contribution in [0.1, 0.15) is 23.5 Å². The van der Waals surface area contributed by atoms with Gasteiger partial charge in [0.2, 0.25) is 0 Å². The van der Waals surface area contributed by atoms with Gasteiger partial charge in [-0.25, -0.2) is 4.98 Å². The summed E-state index contributed by atoms with van der Waals surface area (Å²) in [6.07, 6.45) is 2.46. The van der Waals surface area contributed by atoms with Gasteiger partial charge in [0, 0.05) is 28.4 Å². The SMILES string of the molecule is O=c1[nH]c(CN(Cc2cccs2)C2CC2)nc2scc(-c3ccccc3)c12. The molecule has 0 unspecified atom stereocenters. The molecule has 1 N–H and O–H groups in total. The number of aromatic amines is 1. The number of fused-ring (bicyclic) bond motifs is 1. The predicted octanol–water partition coefficient (Wildman–Crippen LogP) is 4.88. The summed E-state index contributed by atoms with van der Waals surface area (Å²) in [6, 6.07) is 14.9. The molecule has 1 aliphatic rings. The molecule has 4 nitrogen and oxygen atoms in total. The number of nitrogens with one attached hydrogen (secondary N) is 1. The number of H-pyrrole nitrogens is 1. The van der Waals surface area contributed by atoms with E-state index in [1.54, 1.807) is 22.7 Å². The topological polar surface area (TPSA) is 49.0 Å². The van der Waals surface area contributed by atoms with Crippen molar-refractivity contribution in [2.45, 2.75) is 32.0 Å². The molecule has 0 bridgehead atoms. The van der Waals surface area contributed by atoms with Crippen molar-refractivity contribution in [2.75, 3.05) is 0 Å². The average Bonchev–Trinajstić information content (AvgIpc) is 3.23. The summed E-state index contributed by atoms with van der Waals surface area (Å²) in [5.41, 5.74) is 1.98. The maximum absolute atomic E-state index is 12.8.